The van der Waals surface area contributed by atoms with Crippen LogP contribution in [0.2, 0.25) is 5.02 Å². The minimum Gasteiger partial charge on any atom is -0.365 e. The summed E-state index contributed by atoms with van der Waals surface area (Å²) in [5.74, 6) is 6.28. The summed E-state index contributed by atoms with van der Waals surface area (Å²) in [6.45, 7) is 4.20. The lowest BCUT2D eigenvalue weighted by atomic mass is 10.1. The molecule has 0 bridgehead atoms. The fourth-order valence-corrected chi connectivity index (χ4v) is 2.96. The Morgan fingerprint density at radius 2 is 2.13 bits per heavy atom. The number of piperidine rings is 1. The highest BCUT2D eigenvalue weighted by Gasteiger charge is 2.12. The van der Waals surface area contributed by atoms with Gasteiger partial charge in [-0.05, 0) is 44.1 Å². The second-order valence-corrected chi connectivity index (χ2v) is 6.10. The summed E-state index contributed by atoms with van der Waals surface area (Å²) in [6.07, 6.45) is 6.61. The van der Waals surface area contributed by atoms with Gasteiger partial charge in [0.2, 0.25) is 0 Å². The maximum absolute atomic E-state index is 6.31. The van der Waals surface area contributed by atoms with Crippen LogP contribution in [0.1, 0.15) is 18.4 Å². The van der Waals surface area contributed by atoms with Crippen molar-refractivity contribution in [2.75, 3.05) is 37.8 Å². The molecular formula is C18H22ClN3O. The van der Waals surface area contributed by atoms with Crippen molar-refractivity contribution in [2.24, 2.45) is 0 Å². The maximum Gasteiger partial charge on any atom is 0.108 e. The zero-order valence-electron chi connectivity index (χ0n) is 13.1. The summed E-state index contributed by atoms with van der Waals surface area (Å²) < 4.78 is 5.80. The molecule has 2 aliphatic rings. The molecule has 2 heterocycles. The first kappa shape index (κ1) is 16.4. The Hall–Kier alpha value is -1.51. The molecular weight excluding hydrogens is 310 g/mol. The number of rotatable bonds is 3. The Morgan fingerprint density at radius 1 is 1.26 bits per heavy atom. The monoisotopic (exact) mass is 331 g/mol. The van der Waals surface area contributed by atoms with E-state index in [0.29, 0.717) is 12.7 Å². The first-order chi connectivity index (χ1) is 11.3. The molecule has 1 saturated heterocycles. The quantitative estimate of drug-likeness (QED) is 0.834. The molecule has 0 amide bonds. The van der Waals surface area contributed by atoms with Crippen LogP contribution in [0, 0.1) is 11.8 Å². The number of benzene rings is 1. The zero-order valence-corrected chi connectivity index (χ0v) is 13.9. The number of nitrogens with one attached hydrogen (secondary N) is 2. The molecule has 0 saturated carbocycles. The van der Waals surface area contributed by atoms with Gasteiger partial charge in [-0.2, -0.15) is 0 Å². The summed E-state index contributed by atoms with van der Waals surface area (Å²) in [5, 5.41) is 7.35. The molecule has 122 valence electrons. The second kappa shape index (κ2) is 8.37. The Morgan fingerprint density at radius 3 is 2.91 bits per heavy atom. The van der Waals surface area contributed by atoms with E-state index >= 15 is 0 Å². The van der Waals surface area contributed by atoms with E-state index in [0.717, 1.165) is 55.4 Å². The summed E-state index contributed by atoms with van der Waals surface area (Å²) in [5.41, 5.74) is 1.93. The number of anilines is 1. The van der Waals surface area contributed by atoms with Crippen molar-refractivity contribution >= 4 is 17.3 Å². The van der Waals surface area contributed by atoms with Crippen LogP contribution in [-0.2, 0) is 4.74 Å². The van der Waals surface area contributed by atoms with E-state index in [1.807, 2.05) is 18.2 Å². The minimum atomic E-state index is 0.343. The van der Waals surface area contributed by atoms with Gasteiger partial charge in [0.1, 0.15) is 6.61 Å². The van der Waals surface area contributed by atoms with Crippen LogP contribution in [0.15, 0.2) is 30.5 Å². The van der Waals surface area contributed by atoms with Gasteiger partial charge in [0.15, 0.2) is 0 Å². The van der Waals surface area contributed by atoms with E-state index < -0.39 is 0 Å². The van der Waals surface area contributed by atoms with Gasteiger partial charge in [-0.1, -0.05) is 29.5 Å². The van der Waals surface area contributed by atoms with Crippen molar-refractivity contribution in [1.82, 2.24) is 10.6 Å². The minimum absolute atomic E-state index is 0.343. The average Bonchev–Trinajstić information content (AvgIpc) is 2.62. The highest BCUT2D eigenvalue weighted by atomic mass is 35.5. The van der Waals surface area contributed by atoms with Gasteiger partial charge in [0.05, 0.1) is 23.5 Å². The third kappa shape index (κ3) is 4.73. The zero-order chi connectivity index (χ0) is 15.9. The van der Waals surface area contributed by atoms with Crippen LogP contribution in [-0.4, -0.2) is 39.0 Å². The fraction of sp³-hybridized carbons (Fsp3) is 0.444. The summed E-state index contributed by atoms with van der Waals surface area (Å²) in [7, 11) is 0. The van der Waals surface area contributed by atoms with Gasteiger partial charge in [0, 0.05) is 18.3 Å². The third-order valence-electron chi connectivity index (χ3n) is 4.00. The number of hydrogen-bond donors (Lipinski definition) is 2. The highest BCUT2D eigenvalue weighted by molar-refractivity contribution is 6.33. The van der Waals surface area contributed by atoms with Gasteiger partial charge in [-0.3, -0.25) is 5.32 Å². The highest BCUT2D eigenvalue weighted by Crippen LogP contribution is 2.27. The molecule has 1 aromatic carbocycles. The van der Waals surface area contributed by atoms with Crippen molar-refractivity contribution in [3.8, 4) is 11.8 Å². The lowest BCUT2D eigenvalue weighted by Gasteiger charge is -2.25. The number of nitrogens with zero attached hydrogens (tertiary/aromatic N) is 1. The van der Waals surface area contributed by atoms with Crippen LogP contribution in [0.25, 0.3) is 0 Å². The second-order valence-electron chi connectivity index (χ2n) is 5.70. The molecule has 23 heavy (non-hydrogen) atoms. The first-order valence-corrected chi connectivity index (χ1v) is 8.45. The van der Waals surface area contributed by atoms with Crippen molar-refractivity contribution < 1.29 is 4.74 Å². The molecule has 0 radical (unpaired) electrons. The van der Waals surface area contributed by atoms with Crippen molar-refractivity contribution in [3.63, 3.8) is 0 Å². The van der Waals surface area contributed by atoms with E-state index in [2.05, 4.69) is 39.7 Å². The Bertz CT molecular complexity index is 614. The third-order valence-corrected chi connectivity index (χ3v) is 4.31. The molecule has 3 rings (SSSR count). The normalized spacial score (nSPS) is 18.6. The molecule has 2 N–H and O–H groups in total. The molecule has 0 spiro atoms. The summed E-state index contributed by atoms with van der Waals surface area (Å²) in [4.78, 5) is 2.09. The average molecular weight is 332 g/mol. The standard InChI is InChI=1S/C18H22ClN3O/c19-17-5-4-15(13-18(17)22-11-2-8-21-14-22)3-1-12-23-16-6-9-20-10-7-16/h2,4-5,11,13,16,20-21H,6-10,12,14H2. The van der Waals surface area contributed by atoms with E-state index in [9.17, 15) is 0 Å². The Kier molecular flexibility index (Phi) is 5.95. The van der Waals surface area contributed by atoms with E-state index in [1.54, 1.807) is 0 Å². The molecule has 1 aromatic rings. The van der Waals surface area contributed by atoms with E-state index in [-0.39, 0.29) is 0 Å². The summed E-state index contributed by atoms with van der Waals surface area (Å²) in [6, 6.07) is 5.87. The van der Waals surface area contributed by atoms with Crippen LogP contribution in [0.3, 0.4) is 0 Å². The molecule has 5 heteroatoms. The Labute approximate surface area is 142 Å². The predicted octanol–water partition coefficient (Wildman–Crippen LogP) is 2.34. The molecule has 0 aromatic heterocycles. The largest absolute Gasteiger partial charge is 0.365 e. The Balaban J connectivity index is 1.60. The number of halogens is 1. The lowest BCUT2D eigenvalue weighted by Crippen LogP contribution is -2.34. The SMILES string of the molecule is Clc1ccc(C#CCOC2CCNCC2)cc1N1C=CCNC1. The van der Waals surface area contributed by atoms with Gasteiger partial charge in [0.25, 0.3) is 0 Å². The maximum atomic E-state index is 6.31. The van der Waals surface area contributed by atoms with E-state index in [1.165, 1.54) is 0 Å². The molecule has 0 aliphatic carbocycles. The molecule has 1 fully saturated rings. The first-order valence-electron chi connectivity index (χ1n) is 8.08. The fourth-order valence-electron chi connectivity index (χ4n) is 2.74. The van der Waals surface area contributed by atoms with Gasteiger partial charge < -0.3 is 15.0 Å². The topological polar surface area (TPSA) is 36.5 Å². The van der Waals surface area contributed by atoms with Crippen molar-refractivity contribution in [3.05, 3.63) is 41.1 Å². The van der Waals surface area contributed by atoms with Gasteiger partial charge in [-0.25, -0.2) is 0 Å². The lowest BCUT2D eigenvalue weighted by molar-refractivity contribution is 0.0548. The number of hydrogen-bond acceptors (Lipinski definition) is 4. The van der Waals surface area contributed by atoms with Gasteiger partial charge >= 0.3 is 0 Å². The smallest absolute Gasteiger partial charge is 0.108 e. The molecule has 0 atom stereocenters. The van der Waals surface area contributed by atoms with Gasteiger partial charge in [-0.15, -0.1) is 0 Å². The molecule has 2 aliphatic heterocycles. The van der Waals surface area contributed by atoms with E-state index in [4.69, 9.17) is 16.3 Å². The number of ether oxygens (including phenoxy) is 1. The van der Waals surface area contributed by atoms with Crippen LogP contribution in [0.4, 0.5) is 5.69 Å². The summed E-state index contributed by atoms with van der Waals surface area (Å²) >= 11 is 6.31. The molecule has 4 nitrogen and oxygen atoms in total. The van der Waals surface area contributed by atoms with Crippen LogP contribution < -0.4 is 15.5 Å². The van der Waals surface area contributed by atoms with Crippen molar-refractivity contribution in [1.29, 1.82) is 0 Å². The van der Waals surface area contributed by atoms with Crippen LogP contribution >= 0.6 is 11.6 Å². The predicted molar refractivity (Wildman–Crippen MR) is 94.7 cm³/mol. The molecule has 0 unspecified atom stereocenters. The van der Waals surface area contributed by atoms with Crippen LogP contribution in [0.5, 0.6) is 0 Å². The van der Waals surface area contributed by atoms with Crippen molar-refractivity contribution in [2.45, 2.75) is 18.9 Å².